The molecule has 4 rings (SSSR count). The molecule has 0 spiro atoms. The lowest BCUT2D eigenvalue weighted by atomic mass is 9.96. The van der Waals surface area contributed by atoms with Crippen LogP contribution in [0.1, 0.15) is 42.1 Å². The molecule has 35 heavy (non-hydrogen) atoms. The number of carbonyl (C=O) groups excluding carboxylic acids is 3. The minimum absolute atomic E-state index is 0.00330. The third kappa shape index (κ3) is 4.99. The van der Waals surface area contributed by atoms with Gasteiger partial charge in [0.1, 0.15) is 5.76 Å². The molecule has 7 heteroatoms. The van der Waals surface area contributed by atoms with E-state index in [1.54, 1.807) is 74.8 Å². The van der Waals surface area contributed by atoms with E-state index >= 15 is 0 Å². The Bertz CT molecular complexity index is 1280. The molecule has 1 N–H and O–H groups in total. The molecule has 0 bridgehead atoms. The summed E-state index contributed by atoms with van der Waals surface area (Å²) in [5, 5.41) is 11.1. The predicted octanol–water partition coefficient (Wildman–Crippen LogP) is 4.51. The molecule has 178 valence electrons. The lowest BCUT2D eigenvalue weighted by Gasteiger charge is -2.25. The van der Waals surface area contributed by atoms with Gasteiger partial charge in [-0.05, 0) is 50.1 Å². The van der Waals surface area contributed by atoms with Gasteiger partial charge >= 0.3 is 5.97 Å². The molecule has 3 aromatic rings. The van der Waals surface area contributed by atoms with Gasteiger partial charge < -0.3 is 9.84 Å². The number of hydrogen-bond donors (Lipinski definition) is 1. The maximum atomic E-state index is 13.2. The van der Waals surface area contributed by atoms with Crippen molar-refractivity contribution in [1.29, 1.82) is 0 Å². The van der Waals surface area contributed by atoms with E-state index in [9.17, 15) is 19.5 Å². The summed E-state index contributed by atoms with van der Waals surface area (Å²) < 4.78 is 5.19. The lowest BCUT2D eigenvalue weighted by molar-refractivity contribution is -0.146. The predicted molar refractivity (Wildman–Crippen MR) is 132 cm³/mol. The van der Waals surface area contributed by atoms with E-state index in [0.717, 1.165) is 5.56 Å². The summed E-state index contributed by atoms with van der Waals surface area (Å²) in [5.41, 5.74) is 3.21. The van der Waals surface area contributed by atoms with Gasteiger partial charge in [0, 0.05) is 23.6 Å². The summed E-state index contributed by atoms with van der Waals surface area (Å²) in [6, 6.07) is 16.5. The molecule has 1 aliphatic rings. The quantitative estimate of drug-likeness (QED) is 0.246. The second-order valence-corrected chi connectivity index (χ2v) is 8.70. The standard InChI is InChI=1S/C28H26N2O5/c1-17(2)35-23(31)15-19-8-12-22(13-9-19)30-25(21-5-4-14-29-16-21)24(27(33)28(30)34)26(32)20-10-6-18(3)7-11-20/h4-14,16-17,25,32H,15H2,1-3H3/b26-24-. The largest absolute Gasteiger partial charge is 0.507 e. The molecular formula is C28H26N2O5. The van der Waals surface area contributed by atoms with Crippen LogP contribution in [0, 0.1) is 6.92 Å². The smallest absolute Gasteiger partial charge is 0.310 e. The molecule has 0 aliphatic carbocycles. The number of benzene rings is 2. The first kappa shape index (κ1) is 23.9. The van der Waals surface area contributed by atoms with Crippen molar-refractivity contribution < 1.29 is 24.2 Å². The molecular weight excluding hydrogens is 444 g/mol. The van der Waals surface area contributed by atoms with Crippen LogP contribution in [0.15, 0.2) is 78.6 Å². The van der Waals surface area contributed by atoms with Gasteiger partial charge in [0.25, 0.3) is 11.7 Å². The number of amides is 1. The summed E-state index contributed by atoms with van der Waals surface area (Å²) in [6.45, 7) is 5.49. The Labute approximate surface area is 203 Å². The number of ketones is 1. The van der Waals surface area contributed by atoms with Crippen molar-refractivity contribution in [2.75, 3.05) is 4.90 Å². The van der Waals surface area contributed by atoms with Gasteiger partial charge in [-0.15, -0.1) is 0 Å². The average Bonchev–Trinajstić information content (AvgIpc) is 3.10. The average molecular weight is 471 g/mol. The van der Waals surface area contributed by atoms with Gasteiger partial charge in [-0.1, -0.05) is 48.0 Å². The van der Waals surface area contributed by atoms with E-state index in [2.05, 4.69) is 4.98 Å². The first-order valence-corrected chi connectivity index (χ1v) is 11.3. The third-order valence-electron chi connectivity index (χ3n) is 5.70. The molecule has 1 atom stereocenters. The number of aliphatic hydroxyl groups is 1. The number of anilines is 1. The molecule has 7 nitrogen and oxygen atoms in total. The van der Waals surface area contributed by atoms with Gasteiger partial charge in [0.15, 0.2) is 0 Å². The maximum absolute atomic E-state index is 13.2. The highest BCUT2D eigenvalue weighted by atomic mass is 16.5. The molecule has 0 radical (unpaired) electrons. The number of esters is 1. The number of aliphatic hydroxyl groups excluding tert-OH is 1. The SMILES string of the molecule is Cc1ccc(/C(O)=C2/C(=O)C(=O)N(c3ccc(CC(=O)OC(C)C)cc3)C2c2cccnc2)cc1. The van der Waals surface area contributed by atoms with Crippen LogP contribution < -0.4 is 4.90 Å². The normalized spacial score (nSPS) is 17.1. The molecule has 1 aromatic heterocycles. The van der Waals surface area contributed by atoms with Crippen molar-refractivity contribution in [2.45, 2.75) is 39.3 Å². The molecule has 1 amide bonds. The summed E-state index contributed by atoms with van der Waals surface area (Å²) in [6.07, 6.45) is 3.06. The second-order valence-electron chi connectivity index (χ2n) is 8.70. The summed E-state index contributed by atoms with van der Waals surface area (Å²) in [5.74, 6) is -2.12. The van der Waals surface area contributed by atoms with Crippen LogP contribution in [0.3, 0.4) is 0 Å². The van der Waals surface area contributed by atoms with E-state index in [4.69, 9.17) is 4.74 Å². The van der Waals surface area contributed by atoms with Crippen molar-refractivity contribution in [1.82, 2.24) is 4.98 Å². The fourth-order valence-corrected chi connectivity index (χ4v) is 4.06. The molecule has 2 heterocycles. The Morgan fingerprint density at radius 1 is 1.06 bits per heavy atom. The Morgan fingerprint density at radius 3 is 2.34 bits per heavy atom. The van der Waals surface area contributed by atoms with Gasteiger partial charge in [-0.2, -0.15) is 0 Å². The number of ether oxygens (including phenoxy) is 1. The third-order valence-corrected chi connectivity index (χ3v) is 5.70. The molecule has 1 fully saturated rings. The maximum Gasteiger partial charge on any atom is 0.310 e. The number of Topliss-reactive ketones (excluding diaryl/α,β-unsaturated/α-hetero) is 1. The van der Waals surface area contributed by atoms with Gasteiger partial charge in [0.05, 0.1) is 24.1 Å². The van der Waals surface area contributed by atoms with Gasteiger partial charge in [-0.25, -0.2) is 0 Å². The van der Waals surface area contributed by atoms with Crippen LogP contribution in [0.2, 0.25) is 0 Å². The van der Waals surface area contributed by atoms with Crippen molar-refractivity contribution in [3.05, 3.63) is 101 Å². The Morgan fingerprint density at radius 2 is 1.74 bits per heavy atom. The Hall–Kier alpha value is -4.26. The number of rotatable bonds is 6. The minimum Gasteiger partial charge on any atom is -0.507 e. The van der Waals surface area contributed by atoms with E-state index < -0.39 is 17.7 Å². The van der Waals surface area contributed by atoms with E-state index in [1.807, 2.05) is 19.1 Å². The van der Waals surface area contributed by atoms with Crippen LogP contribution in [-0.2, 0) is 25.5 Å². The zero-order valence-corrected chi connectivity index (χ0v) is 19.8. The summed E-state index contributed by atoms with van der Waals surface area (Å²) >= 11 is 0. The van der Waals surface area contributed by atoms with Crippen LogP contribution >= 0.6 is 0 Å². The lowest BCUT2D eigenvalue weighted by Crippen LogP contribution is -2.29. The van der Waals surface area contributed by atoms with Gasteiger partial charge in [-0.3, -0.25) is 24.3 Å². The number of pyridine rings is 1. The molecule has 1 aliphatic heterocycles. The van der Waals surface area contributed by atoms with E-state index in [-0.39, 0.29) is 29.8 Å². The summed E-state index contributed by atoms with van der Waals surface area (Å²) in [4.78, 5) is 43.9. The number of carbonyl (C=O) groups is 3. The van der Waals surface area contributed by atoms with Crippen molar-refractivity contribution in [3.63, 3.8) is 0 Å². The summed E-state index contributed by atoms with van der Waals surface area (Å²) in [7, 11) is 0. The zero-order valence-electron chi connectivity index (χ0n) is 19.8. The van der Waals surface area contributed by atoms with Crippen LogP contribution in [0.5, 0.6) is 0 Å². The molecule has 2 aromatic carbocycles. The first-order valence-electron chi connectivity index (χ1n) is 11.3. The second kappa shape index (κ2) is 9.93. The monoisotopic (exact) mass is 470 g/mol. The fraction of sp³-hybridized carbons (Fsp3) is 0.214. The molecule has 1 saturated heterocycles. The Balaban J connectivity index is 1.76. The topological polar surface area (TPSA) is 96.8 Å². The molecule has 0 saturated carbocycles. The number of aryl methyl sites for hydroxylation is 1. The number of aromatic nitrogens is 1. The minimum atomic E-state index is -0.859. The van der Waals surface area contributed by atoms with Crippen molar-refractivity contribution in [3.8, 4) is 0 Å². The van der Waals surface area contributed by atoms with E-state index in [1.165, 1.54) is 4.90 Å². The highest BCUT2D eigenvalue weighted by molar-refractivity contribution is 6.51. The molecule has 1 unspecified atom stereocenters. The zero-order chi connectivity index (χ0) is 25.1. The first-order chi connectivity index (χ1) is 16.8. The van der Waals surface area contributed by atoms with Crippen molar-refractivity contribution in [2.24, 2.45) is 0 Å². The van der Waals surface area contributed by atoms with Crippen LogP contribution in [-0.4, -0.2) is 33.9 Å². The van der Waals surface area contributed by atoms with E-state index in [0.29, 0.717) is 22.4 Å². The van der Waals surface area contributed by atoms with Crippen LogP contribution in [0.4, 0.5) is 5.69 Å². The highest BCUT2D eigenvalue weighted by Gasteiger charge is 2.47. The Kier molecular flexibility index (Phi) is 6.78. The van der Waals surface area contributed by atoms with Gasteiger partial charge in [0.2, 0.25) is 0 Å². The van der Waals surface area contributed by atoms with Crippen LogP contribution in [0.25, 0.3) is 5.76 Å². The number of nitrogens with zero attached hydrogens (tertiary/aromatic N) is 2. The van der Waals surface area contributed by atoms with Crippen molar-refractivity contribution >= 4 is 29.1 Å². The highest BCUT2D eigenvalue weighted by Crippen LogP contribution is 2.41. The fourth-order valence-electron chi connectivity index (χ4n) is 4.06. The number of hydrogen-bond acceptors (Lipinski definition) is 6.